The van der Waals surface area contributed by atoms with Gasteiger partial charge in [0.15, 0.2) is 5.82 Å². The van der Waals surface area contributed by atoms with E-state index in [9.17, 15) is 9.90 Å². The molecule has 0 aliphatic heterocycles. The molecule has 0 bridgehead atoms. The molecule has 5 nitrogen and oxygen atoms in total. The zero-order valence-electron chi connectivity index (χ0n) is 16.0. The number of hydrogen-bond donors (Lipinski definition) is 1. The standard InChI is InChI=1S/C24H21N3O2/c1-3-5-11-22-25-23(12-6-4-2)27(26-22)17-18-13-15-19(16-14-18)20-9-7-8-10-21(20)24(28)29/h1-2,7-10,13-16H,5-6,11-12,17H2,(H,28,29). The number of aromatic carboxylic acids is 1. The highest BCUT2D eigenvalue weighted by molar-refractivity contribution is 5.95. The highest BCUT2D eigenvalue weighted by atomic mass is 16.4. The van der Waals surface area contributed by atoms with Gasteiger partial charge in [-0.25, -0.2) is 14.5 Å². The Morgan fingerprint density at radius 2 is 1.69 bits per heavy atom. The summed E-state index contributed by atoms with van der Waals surface area (Å²) in [6.07, 6.45) is 13.2. The van der Waals surface area contributed by atoms with Crippen LogP contribution in [0.15, 0.2) is 48.5 Å². The molecule has 1 N–H and O–H groups in total. The number of hydrogen-bond acceptors (Lipinski definition) is 3. The second-order valence-electron chi connectivity index (χ2n) is 6.56. The summed E-state index contributed by atoms with van der Waals surface area (Å²) >= 11 is 0. The van der Waals surface area contributed by atoms with E-state index in [1.807, 2.05) is 41.1 Å². The molecule has 144 valence electrons. The molecule has 0 fully saturated rings. The molecule has 0 aliphatic carbocycles. The molecule has 0 amide bonds. The maximum absolute atomic E-state index is 11.5. The first-order valence-electron chi connectivity index (χ1n) is 9.33. The number of carboxylic acid groups (broad SMARTS) is 1. The van der Waals surface area contributed by atoms with Crippen molar-refractivity contribution in [1.82, 2.24) is 14.8 Å². The van der Waals surface area contributed by atoms with Crippen LogP contribution in [-0.2, 0) is 19.4 Å². The predicted molar refractivity (Wildman–Crippen MR) is 112 cm³/mol. The minimum atomic E-state index is -0.940. The number of benzene rings is 2. The minimum Gasteiger partial charge on any atom is -0.478 e. The maximum atomic E-state index is 11.5. The third-order valence-corrected chi connectivity index (χ3v) is 4.53. The van der Waals surface area contributed by atoms with Crippen molar-refractivity contribution in [2.45, 2.75) is 32.2 Å². The Balaban J connectivity index is 1.83. The van der Waals surface area contributed by atoms with Crippen LogP contribution in [0.5, 0.6) is 0 Å². The number of aromatic nitrogens is 3. The summed E-state index contributed by atoms with van der Waals surface area (Å²) in [7, 11) is 0. The van der Waals surface area contributed by atoms with Gasteiger partial charge in [0, 0.05) is 25.7 Å². The molecular formula is C24H21N3O2. The largest absolute Gasteiger partial charge is 0.478 e. The van der Waals surface area contributed by atoms with Crippen molar-refractivity contribution in [3.05, 3.63) is 71.3 Å². The fraction of sp³-hybridized carbons (Fsp3) is 0.208. The number of rotatable bonds is 8. The molecule has 0 radical (unpaired) electrons. The van der Waals surface area contributed by atoms with E-state index in [1.165, 1.54) is 0 Å². The van der Waals surface area contributed by atoms with E-state index in [2.05, 4.69) is 21.9 Å². The first kappa shape index (κ1) is 19.9. The molecule has 0 atom stereocenters. The third-order valence-electron chi connectivity index (χ3n) is 4.53. The zero-order valence-corrected chi connectivity index (χ0v) is 16.0. The summed E-state index contributed by atoms with van der Waals surface area (Å²) in [5, 5.41) is 14.0. The van der Waals surface area contributed by atoms with Crippen molar-refractivity contribution in [3.63, 3.8) is 0 Å². The quantitative estimate of drug-likeness (QED) is 0.601. The van der Waals surface area contributed by atoms with Gasteiger partial charge in [0.25, 0.3) is 0 Å². The van der Waals surface area contributed by atoms with Crippen LogP contribution >= 0.6 is 0 Å². The second-order valence-corrected chi connectivity index (χ2v) is 6.56. The smallest absolute Gasteiger partial charge is 0.336 e. The first-order chi connectivity index (χ1) is 14.1. The fourth-order valence-electron chi connectivity index (χ4n) is 3.10. The minimum absolute atomic E-state index is 0.284. The molecule has 5 heteroatoms. The Kier molecular flexibility index (Phi) is 6.45. The van der Waals surface area contributed by atoms with Gasteiger partial charge in [-0.1, -0.05) is 42.5 Å². The monoisotopic (exact) mass is 383 g/mol. The van der Waals surface area contributed by atoms with Gasteiger partial charge in [-0.05, 0) is 22.8 Å². The maximum Gasteiger partial charge on any atom is 0.336 e. The number of nitrogens with zero attached hydrogens (tertiary/aromatic N) is 3. The number of aryl methyl sites for hydroxylation is 2. The molecule has 3 rings (SSSR count). The molecular weight excluding hydrogens is 362 g/mol. The summed E-state index contributed by atoms with van der Waals surface area (Å²) in [5.41, 5.74) is 2.87. The lowest BCUT2D eigenvalue weighted by atomic mass is 9.99. The van der Waals surface area contributed by atoms with Gasteiger partial charge in [-0.15, -0.1) is 24.7 Å². The van der Waals surface area contributed by atoms with Crippen molar-refractivity contribution in [2.75, 3.05) is 0 Å². The van der Waals surface area contributed by atoms with Crippen LogP contribution in [0.2, 0.25) is 0 Å². The molecule has 0 saturated heterocycles. The molecule has 2 aromatic carbocycles. The van der Waals surface area contributed by atoms with E-state index in [1.54, 1.807) is 12.1 Å². The number of carbonyl (C=O) groups is 1. The van der Waals surface area contributed by atoms with Crippen LogP contribution in [0, 0.1) is 24.7 Å². The molecule has 1 heterocycles. The molecule has 0 aliphatic rings. The van der Waals surface area contributed by atoms with E-state index >= 15 is 0 Å². The van der Waals surface area contributed by atoms with Crippen molar-refractivity contribution in [1.29, 1.82) is 0 Å². The van der Waals surface area contributed by atoms with Gasteiger partial charge in [0.05, 0.1) is 12.1 Å². The lowest BCUT2D eigenvalue weighted by Crippen LogP contribution is -2.07. The summed E-state index contributed by atoms with van der Waals surface area (Å²) < 4.78 is 1.86. The van der Waals surface area contributed by atoms with E-state index in [0.29, 0.717) is 37.8 Å². The molecule has 29 heavy (non-hydrogen) atoms. The topological polar surface area (TPSA) is 68.0 Å². The van der Waals surface area contributed by atoms with E-state index in [4.69, 9.17) is 12.8 Å². The van der Waals surface area contributed by atoms with Crippen molar-refractivity contribution in [3.8, 4) is 35.8 Å². The van der Waals surface area contributed by atoms with Gasteiger partial charge in [-0.3, -0.25) is 0 Å². The van der Waals surface area contributed by atoms with Gasteiger partial charge in [0.2, 0.25) is 0 Å². The number of carboxylic acids is 1. The van der Waals surface area contributed by atoms with Gasteiger partial charge < -0.3 is 5.11 Å². The van der Waals surface area contributed by atoms with E-state index in [-0.39, 0.29) is 5.56 Å². The van der Waals surface area contributed by atoms with E-state index < -0.39 is 5.97 Å². The van der Waals surface area contributed by atoms with Crippen LogP contribution in [0.1, 0.15) is 40.4 Å². The summed E-state index contributed by atoms with van der Waals surface area (Å²) in [6.45, 7) is 0.559. The third kappa shape index (κ3) is 4.91. The highest BCUT2D eigenvalue weighted by Crippen LogP contribution is 2.24. The van der Waals surface area contributed by atoms with Crippen LogP contribution in [0.25, 0.3) is 11.1 Å². The Morgan fingerprint density at radius 3 is 2.38 bits per heavy atom. The van der Waals surface area contributed by atoms with Crippen molar-refractivity contribution < 1.29 is 9.90 Å². The predicted octanol–water partition coefficient (Wildman–Crippen LogP) is 3.82. The highest BCUT2D eigenvalue weighted by Gasteiger charge is 2.12. The summed E-state index contributed by atoms with van der Waals surface area (Å²) in [5.74, 6) is 5.87. The summed E-state index contributed by atoms with van der Waals surface area (Å²) in [4.78, 5) is 16.0. The average molecular weight is 383 g/mol. The first-order valence-corrected chi connectivity index (χ1v) is 9.33. The van der Waals surface area contributed by atoms with Gasteiger partial charge >= 0.3 is 5.97 Å². The Bertz CT molecular complexity index is 1080. The SMILES string of the molecule is C#CCCc1nc(CCC#C)n(Cc2ccc(-c3ccccc3C(=O)O)cc2)n1. The zero-order chi connectivity index (χ0) is 20.6. The molecule has 0 saturated carbocycles. The molecule has 0 spiro atoms. The van der Waals surface area contributed by atoms with E-state index in [0.717, 1.165) is 22.8 Å². The van der Waals surface area contributed by atoms with Crippen LogP contribution in [0.4, 0.5) is 0 Å². The lowest BCUT2D eigenvalue weighted by molar-refractivity contribution is 0.0697. The number of terminal acetylenes is 2. The molecule has 3 aromatic rings. The Hall–Kier alpha value is -3.83. The normalized spacial score (nSPS) is 10.3. The summed E-state index contributed by atoms with van der Waals surface area (Å²) in [6, 6.07) is 14.8. The lowest BCUT2D eigenvalue weighted by Gasteiger charge is -2.09. The second kappa shape index (κ2) is 9.39. The van der Waals surface area contributed by atoms with Crippen LogP contribution < -0.4 is 0 Å². The van der Waals surface area contributed by atoms with Crippen molar-refractivity contribution >= 4 is 5.97 Å². The van der Waals surface area contributed by atoms with Gasteiger partial charge in [-0.2, -0.15) is 5.10 Å². The van der Waals surface area contributed by atoms with Crippen molar-refractivity contribution in [2.24, 2.45) is 0 Å². The van der Waals surface area contributed by atoms with Crippen LogP contribution in [-0.4, -0.2) is 25.8 Å². The van der Waals surface area contributed by atoms with Crippen LogP contribution in [0.3, 0.4) is 0 Å². The average Bonchev–Trinajstić information content (AvgIpc) is 3.12. The van der Waals surface area contributed by atoms with Gasteiger partial charge in [0.1, 0.15) is 5.82 Å². The molecule has 0 unspecified atom stereocenters. The Labute approximate surface area is 170 Å². The molecule has 1 aromatic heterocycles. The fourth-order valence-corrected chi connectivity index (χ4v) is 3.10. The Morgan fingerprint density at radius 1 is 1.00 bits per heavy atom.